The Balaban J connectivity index is 2.21. The smallest absolute Gasteiger partial charge is 0.153 e. The van der Waals surface area contributed by atoms with E-state index in [9.17, 15) is 13.5 Å². The third-order valence-corrected chi connectivity index (χ3v) is 5.66. The van der Waals surface area contributed by atoms with Gasteiger partial charge in [-0.15, -0.1) is 0 Å². The van der Waals surface area contributed by atoms with E-state index in [0.717, 1.165) is 25.9 Å². The lowest BCUT2D eigenvalue weighted by Crippen LogP contribution is -2.50. The van der Waals surface area contributed by atoms with E-state index < -0.39 is 20.7 Å². The second-order valence-electron chi connectivity index (χ2n) is 5.12. The number of hydrogen-bond acceptors (Lipinski definition) is 4. The molecule has 0 aromatic carbocycles. The first kappa shape index (κ1) is 12.3. The van der Waals surface area contributed by atoms with Gasteiger partial charge in [-0.1, -0.05) is 0 Å². The fourth-order valence-electron chi connectivity index (χ4n) is 3.17. The van der Waals surface area contributed by atoms with Crippen LogP contribution in [0, 0.1) is 5.92 Å². The Kier molecular flexibility index (Phi) is 3.29. The zero-order valence-electron chi connectivity index (χ0n) is 9.68. The van der Waals surface area contributed by atoms with Crippen molar-refractivity contribution < 1.29 is 18.3 Å². The summed E-state index contributed by atoms with van der Waals surface area (Å²) in [5, 5.41) is 10.1. The summed E-state index contributed by atoms with van der Waals surface area (Å²) in [7, 11) is -3.17. The van der Waals surface area contributed by atoms with Gasteiger partial charge in [0.15, 0.2) is 9.84 Å². The van der Waals surface area contributed by atoms with E-state index in [1.807, 2.05) is 0 Å². The van der Waals surface area contributed by atoms with Gasteiger partial charge in [-0.2, -0.15) is 0 Å². The minimum absolute atomic E-state index is 0.0107. The van der Waals surface area contributed by atoms with Crippen LogP contribution in [0.2, 0.25) is 0 Å². The lowest BCUT2D eigenvalue weighted by Gasteiger charge is -2.38. The highest BCUT2D eigenvalue weighted by Crippen LogP contribution is 2.42. The molecule has 2 fully saturated rings. The first-order chi connectivity index (χ1) is 7.44. The first-order valence-corrected chi connectivity index (χ1v) is 7.89. The van der Waals surface area contributed by atoms with Crippen molar-refractivity contribution >= 4 is 9.84 Å². The summed E-state index contributed by atoms with van der Waals surface area (Å²) in [5.41, 5.74) is -1.05. The second-order valence-corrected chi connectivity index (χ2v) is 7.34. The molecule has 1 aliphatic carbocycles. The zero-order valence-corrected chi connectivity index (χ0v) is 10.5. The molecule has 0 radical (unpaired) electrons. The maximum atomic E-state index is 11.7. The number of rotatable bonds is 2. The van der Waals surface area contributed by atoms with E-state index in [1.54, 1.807) is 0 Å². The molecule has 0 amide bonds. The molecule has 0 aromatic heterocycles. The van der Waals surface area contributed by atoms with E-state index in [1.165, 1.54) is 6.26 Å². The van der Waals surface area contributed by atoms with Gasteiger partial charge in [-0.3, -0.25) is 0 Å². The molecule has 3 atom stereocenters. The normalized spacial score (nSPS) is 41.1. The monoisotopic (exact) mass is 248 g/mol. The van der Waals surface area contributed by atoms with Gasteiger partial charge in [0.25, 0.3) is 0 Å². The SMILES string of the molecule is CS(=O)(=O)C1CCCC1(O)C1CCCOC1. The molecule has 4 nitrogen and oxygen atoms in total. The van der Waals surface area contributed by atoms with E-state index in [0.29, 0.717) is 19.4 Å². The average Bonchev–Trinajstić information content (AvgIpc) is 2.63. The molecule has 1 saturated heterocycles. The molecule has 0 spiro atoms. The van der Waals surface area contributed by atoms with Crippen LogP contribution in [-0.2, 0) is 14.6 Å². The first-order valence-electron chi connectivity index (χ1n) is 5.93. The van der Waals surface area contributed by atoms with Gasteiger partial charge < -0.3 is 9.84 Å². The predicted octanol–water partition coefficient (Wildman–Crippen LogP) is 0.741. The summed E-state index contributed by atoms with van der Waals surface area (Å²) in [6, 6.07) is 0. The van der Waals surface area contributed by atoms with Crippen molar-refractivity contribution in [3.63, 3.8) is 0 Å². The molecule has 16 heavy (non-hydrogen) atoms. The molecule has 1 N–H and O–H groups in total. The Morgan fingerprint density at radius 1 is 1.31 bits per heavy atom. The summed E-state index contributed by atoms with van der Waals surface area (Å²) in [6.45, 7) is 1.23. The summed E-state index contributed by atoms with van der Waals surface area (Å²) in [5.74, 6) is -0.0107. The van der Waals surface area contributed by atoms with Crippen LogP contribution in [0.15, 0.2) is 0 Å². The van der Waals surface area contributed by atoms with Crippen LogP contribution in [0.5, 0.6) is 0 Å². The van der Waals surface area contributed by atoms with Crippen molar-refractivity contribution in [2.75, 3.05) is 19.5 Å². The van der Waals surface area contributed by atoms with Crippen molar-refractivity contribution in [3.05, 3.63) is 0 Å². The topological polar surface area (TPSA) is 63.6 Å². The highest BCUT2D eigenvalue weighted by Gasteiger charge is 2.51. The Hall–Kier alpha value is -0.130. The molecule has 94 valence electrons. The molecule has 5 heteroatoms. The van der Waals surface area contributed by atoms with Gasteiger partial charge in [0.2, 0.25) is 0 Å². The number of aliphatic hydroxyl groups is 1. The quantitative estimate of drug-likeness (QED) is 0.783. The van der Waals surface area contributed by atoms with E-state index >= 15 is 0 Å². The molecule has 1 heterocycles. The van der Waals surface area contributed by atoms with Crippen LogP contribution in [0.4, 0.5) is 0 Å². The Bertz CT molecular complexity index is 345. The summed E-state index contributed by atoms with van der Waals surface area (Å²) < 4.78 is 28.7. The molecular formula is C11H20O4S. The molecule has 1 aliphatic heterocycles. The second kappa shape index (κ2) is 4.27. The number of sulfone groups is 1. The number of ether oxygens (including phenoxy) is 1. The van der Waals surface area contributed by atoms with Crippen LogP contribution in [0.3, 0.4) is 0 Å². The van der Waals surface area contributed by atoms with E-state index in [4.69, 9.17) is 4.74 Å². The molecule has 1 saturated carbocycles. The van der Waals surface area contributed by atoms with Gasteiger partial charge in [0, 0.05) is 18.8 Å². The minimum atomic E-state index is -3.17. The van der Waals surface area contributed by atoms with Crippen LogP contribution in [-0.4, -0.2) is 43.8 Å². The van der Waals surface area contributed by atoms with E-state index in [-0.39, 0.29) is 5.92 Å². The Morgan fingerprint density at radius 2 is 2.06 bits per heavy atom. The fourth-order valence-corrected chi connectivity index (χ4v) is 4.81. The van der Waals surface area contributed by atoms with Crippen molar-refractivity contribution in [2.45, 2.75) is 43.0 Å². The standard InChI is InChI=1S/C11H20O4S/c1-16(13,14)10-5-2-6-11(10,12)9-4-3-7-15-8-9/h9-10,12H,2-8H2,1H3. The Morgan fingerprint density at radius 3 is 2.62 bits per heavy atom. The van der Waals surface area contributed by atoms with Crippen molar-refractivity contribution in [1.82, 2.24) is 0 Å². The van der Waals surface area contributed by atoms with Gasteiger partial charge in [0.05, 0.1) is 17.5 Å². The third-order valence-electron chi connectivity index (χ3n) is 3.99. The molecular weight excluding hydrogens is 228 g/mol. The van der Waals surface area contributed by atoms with E-state index in [2.05, 4.69) is 0 Å². The molecule has 3 unspecified atom stereocenters. The highest BCUT2D eigenvalue weighted by atomic mass is 32.2. The zero-order chi connectivity index (χ0) is 11.8. The Labute approximate surface area is 96.9 Å². The van der Waals surface area contributed by atoms with Gasteiger partial charge >= 0.3 is 0 Å². The highest BCUT2D eigenvalue weighted by molar-refractivity contribution is 7.91. The van der Waals surface area contributed by atoms with Crippen LogP contribution in [0.25, 0.3) is 0 Å². The molecule has 2 rings (SSSR count). The third kappa shape index (κ3) is 2.13. The van der Waals surface area contributed by atoms with Gasteiger partial charge in [-0.25, -0.2) is 8.42 Å². The molecule has 2 aliphatic rings. The predicted molar refractivity (Wildman–Crippen MR) is 61.0 cm³/mol. The van der Waals surface area contributed by atoms with Crippen molar-refractivity contribution in [1.29, 1.82) is 0 Å². The van der Waals surface area contributed by atoms with Gasteiger partial charge in [0.1, 0.15) is 0 Å². The largest absolute Gasteiger partial charge is 0.388 e. The van der Waals surface area contributed by atoms with Crippen LogP contribution < -0.4 is 0 Å². The molecule has 0 bridgehead atoms. The van der Waals surface area contributed by atoms with Crippen LogP contribution in [0.1, 0.15) is 32.1 Å². The maximum absolute atomic E-state index is 11.7. The lowest BCUT2D eigenvalue weighted by atomic mass is 9.82. The summed E-state index contributed by atoms with van der Waals surface area (Å²) >= 11 is 0. The van der Waals surface area contributed by atoms with Crippen molar-refractivity contribution in [3.8, 4) is 0 Å². The fraction of sp³-hybridized carbons (Fsp3) is 1.00. The maximum Gasteiger partial charge on any atom is 0.153 e. The molecule has 0 aromatic rings. The summed E-state index contributed by atoms with van der Waals surface area (Å²) in [4.78, 5) is 0. The van der Waals surface area contributed by atoms with Crippen molar-refractivity contribution in [2.24, 2.45) is 5.92 Å². The number of hydrogen-bond donors (Lipinski definition) is 1. The lowest BCUT2D eigenvalue weighted by molar-refractivity contribution is -0.0724. The average molecular weight is 248 g/mol. The van der Waals surface area contributed by atoms with Crippen LogP contribution >= 0.6 is 0 Å². The van der Waals surface area contributed by atoms with Gasteiger partial charge in [-0.05, 0) is 32.1 Å². The summed E-state index contributed by atoms with van der Waals surface area (Å²) in [6.07, 6.45) is 5.01. The minimum Gasteiger partial charge on any atom is -0.388 e.